The molecule has 1 aromatic carbocycles. The second-order valence-electron chi connectivity index (χ2n) is 6.72. The molecule has 3 rings (SSSR count). The first kappa shape index (κ1) is 21.4. The van der Waals surface area contributed by atoms with Gasteiger partial charge in [0.05, 0.1) is 11.8 Å². The van der Waals surface area contributed by atoms with Crippen LogP contribution in [0.2, 0.25) is 0 Å². The average Bonchev–Trinajstić information content (AvgIpc) is 2.98. The number of benzene rings is 1. The van der Waals surface area contributed by atoms with Gasteiger partial charge >= 0.3 is 11.9 Å². The molecule has 1 fully saturated rings. The van der Waals surface area contributed by atoms with Gasteiger partial charge in [-0.05, 0) is 25.0 Å². The molecule has 8 nitrogen and oxygen atoms in total. The number of halogens is 3. The van der Waals surface area contributed by atoms with Crippen LogP contribution < -0.4 is 10.4 Å². The normalized spacial score (nSPS) is 16.8. The number of sulfonamides is 1. The molecule has 1 aliphatic heterocycles. The molecule has 0 radical (unpaired) electrons. The van der Waals surface area contributed by atoms with Crippen molar-refractivity contribution in [2.45, 2.75) is 25.1 Å². The van der Waals surface area contributed by atoms with Crippen molar-refractivity contribution < 1.29 is 26.3 Å². The van der Waals surface area contributed by atoms with Crippen LogP contribution in [-0.2, 0) is 23.2 Å². The lowest BCUT2D eigenvalue weighted by Crippen LogP contribution is -2.42. The molecule has 1 aliphatic rings. The number of hydrogen-bond donors (Lipinski definition) is 0. The van der Waals surface area contributed by atoms with Crippen LogP contribution in [0.1, 0.15) is 24.7 Å². The van der Waals surface area contributed by atoms with Gasteiger partial charge in [-0.1, -0.05) is 18.2 Å². The maximum absolute atomic E-state index is 12.9. The molecule has 1 aromatic heterocycles. The predicted molar refractivity (Wildman–Crippen MR) is 98.0 cm³/mol. The minimum absolute atomic E-state index is 0.0130. The van der Waals surface area contributed by atoms with E-state index in [1.807, 2.05) is 6.07 Å². The van der Waals surface area contributed by atoms with Crippen molar-refractivity contribution in [2.24, 2.45) is 7.05 Å². The lowest BCUT2D eigenvalue weighted by Gasteiger charge is -2.30. The van der Waals surface area contributed by atoms with Crippen LogP contribution in [0.3, 0.4) is 0 Å². The van der Waals surface area contributed by atoms with Gasteiger partial charge in [-0.3, -0.25) is 4.57 Å². The molecule has 0 spiro atoms. The van der Waals surface area contributed by atoms with E-state index in [1.54, 1.807) is 24.3 Å². The zero-order chi connectivity index (χ0) is 21.2. The van der Waals surface area contributed by atoms with Crippen LogP contribution in [-0.4, -0.2) is 52.5 Å². The second kappa shape index (κ2) is 8.19. The van der Waals surface area contributed by atoms with Gasteiger partial charge in [0.2, 0.25) is 15.8 Å². The van der Waals surface area contributed by atoms with E-state index in [9.17, 15) is 26.4 Å². The summed E-state index contributed by atoms with van der Waals surface area (Å²) in [4.78, 5) is 12.1. The predicted octanol–water partition coefficient (Wildman–Crippen LogP) is 1.65. The molecule has 0 atom stereocenters. The molecule has 0 amide bonds. The zero-order valence-electron chi connectivity index (χ0n) is 15.7. The topological polar surface area (TPSA) is 86.4 Å². The van der Waals surface area contributed by atoms with E-state index in [0.29, 0.717) is 10.3 Å². The summed E-state index contributed by atoms with van der Waals surface area (Å²) in [5.74, 6) is -0.916. The van der Waals surface area contributed by atoms with Gasteiger partial charge in [0.1, 0.15) is 12.4 Å². The highest BCUT2D eigenvalue weighted by Gasteiger charge is 2.39. The third kappa shape index (κ3) is 4.81. The van der Waals surface area contributed by atoms with E-state index in [1.165, 1.54) is 4.31 Å². The highest BCUT2D eigenvalue weighted by atomic mass is 32.2. The Labute approximate surface area is 165 Å². The van der Waals surface area contributed by atoms with Crippen LogP contribution in [0.15, 0.2) is 35.1 Å². The standard InChI is InChI=1S/C17H21F3N4O4S/c1-22-15(17(18,19)20)21-24(16(22)25)13-7-9-23(10-8-13)29(26,27)12-11-28-14-5-3-2-4-6-14/h2-6,13H,7-12H2,1H3. The molecule has 1 saturated heterocycles. The number of alkyl halides is 3. The van der Waals surface area contributed by atoms with Gasteiger partial charge < -0.3 is 4.74 Å². The number of piperidine rings is 1. The molecule has 2 aromatic rings. The van der Waals surface area contributed by atoms with Crippen LogP contribution in [0, 0.1) is 0 Å². The summed E-state index contributed by atoms with van der Waals surface area (Å²) in [6.45, 7) is 0.187. The fourth-order valence-corrected chi connectivity index (χ4v) is 4.54. The van der Waals surface area contributed by atoms with Gasteiger partial charge in [-0.25, -0.2) is 22.2 Å². The van der Waals surface area contributed by atoms with Gasteiger partial charge in [0.15, 0.2) is 0 Å². The van der Waals surface area contributed by atoms with Crippen molar-refractivity contribution in [3.63, 3.8) is 0 Å². The largest absolute Gasteiger partial charge is 0.492 e. The van der Waals surface area contributed by atoms with Crippen molar-refractivity contribution in [1.82, 2.24) is 18.7 Å². The monoisotopic (exact) mass is 434 g/mol. The van der Waals surface area contributed by atoms with Crippen LogP contribution in [0.4, 0.5) is 13.2 Å². The zero-order valence-corrected chi connectivity index (χ0v) is 16.5. The lowest BCUT2D eigenvalue weighted by atomic mass is 10.1. The maximum Gasteiger partial charge on any atom is 0.451 e. The first-order valence-corrected chi connectivity index (χ1v) is 10.6. The molecule has 12 heteroatoms. The quantitative estimate of drug-likeness (QED) is 0.690. The first-order chi connectivity index (χ1) is 13.6. The number of ether oxygens (including phenoxy) is 1. The molecule has 0 saturated carbocycles. The molecule has 0 N–H and O–H groups in total. The van der Waals surface area contributed by atoms with Crippen molar-refractivity contribution in [3.8, 4) is 5.75 Å². The number of para-hydroxylation sites is 1. The highest BCUT2D eigenvalue weighted by molar-refractivity contribution is 7.89. The summed E-state index contributed by atoms with van der Waals surface area (Å²) < 4.78 is 71.7. The summed E-state index contributed by atoms with van der Waals surface area (Å²) in [6.07, 6.45) is -4.33. The molecule has 0 unspecified atom stereocenters. The summed E-state index contributed by atoms with van der Waals surface area (Å²) in [7, 11) is -2.57. The molecular formula is C17H21F3N4O4S. The van der Waals surface area contributed by atoms with Crippen LogP contribution in [0.25, 0.3) is 0 Å². The lowest BCUT2D eigenvalue weighted by molar-refractivity contribution is -0.147. The minimum atomic E-state index is -4.73. The number of rotatable bonds is 6. The van der Waals surface area contributed by atoms with Crippen LogP contribution >= 0.6 is 0 Å². The van der Waals surface area contributed by atoms with Crippen molar-refractivity contribution in [2.75, 3.05) is 25.4 Å². The molecule has 29 heavy (non-hydrogen) atoms. The van der Waals surface area contributed by atoms with Gasteiger partial charge in [0, 0.05) is 20.1 Å². The Morgan fingerprint density at radius 2 is 1.79 bits per heavy atom. The van der Waals surface area contributed by atoms with Crippen LogP contribution in [0.5, 0.6) is 5.75 Å². The molecule has 2 heterocycles. The highest BCUT2D eigenvalue weighted by Crippen LogP contribution is 2.28. The smallest absolute Gasteiger partial charge is 0.451 e. The molecule has 0 aliphatic carbocycles. The number of nitrogens with zero attached hydrogens (tertiary/aromatic N) is 4. The van der Waals surface area contributed by atoms with Gasteiger partial charge in [-0.15, -0.1) is 5.10 Å². The Morgan fingerprint density at radius 1 is 1.17 bits per heavy atom. The third-order valence-electron chi connectivity index (χ3n) is 4.77. The minimum Gasteiger partial charge on any atom is -0.492 e. The summed E-state index contributed by atoms with van der Waals surface area (Å²) in [5.41, 5.74) is -0.866. The summed E-state index contributed by atoms with van der Waals surface area (Å²) in [6, 6.07) is 8.22. The van der Waals surface area contributed by atoms with E-state index in [-0.39, 0.29) is 38.3 Å². The summed E-state index contributed by atoms with van der Waals surface area (Å²) in [5, 5.41) is 3.43. The van der Waals surface area contributed by atoms with E-state index >= 15 is 0 Å². The molecule has 160 valence electrons. The SMILES string of the molecule is Cn1c(C(F)(F)F)nn(C2CCN(S(=O)(=O)CCOc3ccccc3)CC2)c1=O. The average molecular weight is 434 g/mol. The van der Waals surface area contributed by atoms with E-state index < -0.39 is 33.8 Å². The Balaban J connectivity index is 1.59. The molecular weight excluding hydrogens is 413 g/mol. The Kier molecular flexibility index (Phi) is 6.03. The van der Waals surface area contributed by atoms with E-state index in [4.69, 9.17) is 4.74 Å². The van der Waals surface area contributed by atoms with Gasteiger partial charge in [0.25, 0.3) is 0 Å². The maximum atomic E-state index is 12.9. The number of hydrogen-bond acceptors (Lipinski definition) is 5. The Morgan fingerprint density at radius 3 is 2.34 bits per heavy atom. The molecule has 0 bridgehead atoms. The van der Waals surface area contributed by atoms with E-state index in [0.717, 1.165) is 11.7 Å². The van der Waals surface area contributed by atoms with E-state index in [2.05, 4.69) is 5.10 Å². The Hall–Kier alpha value is -2.34. The van der Waals surface area contributed by atoms with Crippen molar-refractivity contribution in [1.29, 1.82) is 0 Å². The summed E-state index contributed by atoms with van der Waals surface area (Å²) >= 11 is 0. The second-order valence-corrected chi connectivity index (χ2v) is 8.80. The Bertz CT molecular complexity index is 994. The fraction of sp³-hybridized carbons (Fsp3) is 0.529. The number of aromatic nitrogens is 3. The third-order valence-corrected chi connectivity index (χ3v) is 6.61. The fourth-order valence-electron chi connectivity index (χ4n) is 3.22. The van der Waals surface area contributed by atoms with Crippen molar-refractivity contribution in [3.05, 3.63) is 46.6 Å². The van der Waals surface area contributed by atoms with Crippen molar-refractivity contribution >= 4 is 10.0 Å². The first-order valence-electron chi connectivity index (χ1n) is 8.98. The van der Waals surface area contributed by atoms with Gasteiger partial charge in [-0.2, -0.15) is 13.2 Å².